The van der Waals surface area contributed by atoms with Crippen LogP contribution in [0.2, 0.25) is 0 Å². The number of hydrogen-bond donors (Lipinski definition) is 1. The van der Waals surface area contributed by atoms with Gasteiger partial charge in [0.05, 0.1) is 37.3 Å². The summed E-state index contributed by atoms with van der Waals surface area (Å²) in [5.41, 5.74) is 5.19. The molecule has 12 nitrogen and oxygen atoms in total. The SMILES string of the molecule is CCOc1cc(CN2C(=O)c3ccc(CCN4CCC(N5CCC(c6ccc(C7CCC(=O)NC7=O)cc6)CC5)CC4)cc3C2=O)ccc1OC.CS(C)(=O)=O. The van der Waals surface area contributed by atoms with Crippen LogP contribution in [0, 0.1) is 0 Å². The summed E-state index contributed by atoms with van der Waals surface area (Å²) in [6.45, 7) is 7.84. The molecule has 3 fully saturated rings. The van der Waals surface area contributed by atoms with E-state index in [-0.39, 0.29) is 36.1 Å². The first-order valence-electron chi connectivity index (χ1n) is 19.6. The molecule has 0 radical (unpaired) electrons. The molecule has 7 rings (SSSR count). The number of methoxy groups -OCH3 is 1. The summed E-state index contributed by atoms with van der Waals surface area (Å²) in [7, 11) is -1.08. The number of hydrogen-bond acceptors (Lipinski definition) is 10. The van der Waals surface area contributed by atoms with Gasteiger partial charge in [0.2, 0.25) is 11.8 Å². The summed E-state index contributed by atoms with van der Waals surface area (Å²) in [4.78, 5) is 56.9. The molecule has 1 unspecified atom stereocenters. The topological polar surface area (TPSA) is 143 Å². The molecule has 1 N–H and O–H groups in total. The van der Waals surface area contributed by atoms with Gasteiger partial charge in [-0.3, -0.25) is 29.4 Å². The summed E-state index contributed by atoms with van der Waals surface area (Å²) in [6, 6.07) is 20.3. The van der Waals surface area contributed by atoms with E-state index in [0.717, 1.165) is 94.0 Å². The zero-order chi connectivity index (χ0) is 40.0. The molecule has 4 aliphatic rings. The minimum atomic E-state index is -2.67. The number of likely N-dealkylation sites (tertiary alicyclic amines) is 2. The van der Waals surface area contributed by atoms with Gasteiger partial charge in [-0.05, 0) is 124 Å². The second-order valence-electron chi connectivity index (χ2n) is 15.4. The molecule has 0 bridgehead atoms. The molecular formula is C43H54N4O8S. The van der Waals surface area contributed by atoms with E-state index in [2.05, 4.69) is 39.4 Å². The summed E-state index contributed by atoms with van der Waals surface area (Å²) in [5.74, 6) is 0.653. The van der Waals surface area contributed by atoms with Crippen molar-refractivity contribution in [3.8, 4) is 11.5 Å². The Morgan fingerprint density at radius 1 is 0.750 bits per heavy atom. The quantitative estimate of drug-likeness (QED) is 0.265. The number of benzene rings is 3. The van der Waals surface area contributed by atoms with Gasteiger partial charge in [0, 0.05) is 31.5 Å². The molecular weight excluding hydrogens is 733 g/mol. The molecule has 300 valence electrons. The van der Waals surface area contributed by atoms with Gasteiger partial charge in [0.1, 0.15) is 9.84 Å². The van der Waals surface area contributed by atoms with Crippen molar-refractivity contribution in [3.63, 3.8) is 0 Å². The van der Waals surface area contributed by atoms with Crippen LogP contribution in [0.5, 0.6) is 11.5 Å². The Labute approximate surface area is 330 Å². The molecule has 3 saturated heterocycles. The monoisotopic (exact) mass is 786 g/mol. The smallest absolute Gasteiger partial charge is 0.261 e. The number of nitrogens with one attached hydrogen (secondary N) is 1. The molecule has 0 aliphatic carbocycles. The fraction of sp³-hybridized carbons (Fsp3) is 0.488. The summed E-state index contributed by atoms with van der Waals surface area (Å²) in [5, 5.41) is 2.47. The van der Waals surface area contributed by atoms with E-state index in [4.69, 9.17) is 9.47 Å². The van der Waals surface area contributed by atoms with Crippen LogP contribution in [0.15, 0.2) is 60.7 Å². The molecule has 3 aromatic rings. The van der Waals surface area contributed by atoms with Crippen molar-refractivity contribution < 1.29 is 37.1 Å². The van der Waals surface area contributed by atoms with Crippen LogP contribution in [0.1, 0.15) is 100 Å². The number of imide groups is 2. The fourth-order valence-electron chi connectivity index (χ4n) is 8.31. The molecule has 0 spiro atoms. The molecule has 3 aromatic carbocycles. The van der Waals surface area contributed by atoms with Gasteiger partial charge >= 0.3 is 0 Å². The third kappa shape index (κ3) is 10.2. The van der Waals surface area contributed by atoms with Crippen LogP contribution in [0.3, 0.4) is 0 Å². The highest BCUT2D eigenvalue weighted by molar-refractivity contribution is 7.89. The minimum absolute atomic E-state index is 0.175. The van der Waals surface area contributed by atoms with Crippen LogP contribution in [-0.4, -0.2) is 112 Å². The lowest BCUT2D eigenvalue weighted by Crippen LogP contribution is -2.47. The second kappa shape index (κ2) is 18.1. The van der Waals surface area contributed by atoms with E-state index in [9.17, 15) is 27.6 Å². The lowest BCUT2D eigenvalue weighted by atomic mass is 9.85. The number of rotatable bonds is 11. The van der Waals surface area contributed by atoms with Crippen molar-refractivity contribution in [2.45, 2.75) is 76.3 Å². The molecule has 4 amide bonds. The first-order chi connectivity index (χ1) is 26.8. The average Bonchev–Trinajstić information content (AvgIpc) is 3.41. The Morgan fingerprint density at radius 3 is 2.04 bits per heavy atom. The Hall–Kier alpha value is -4.59. The Kier molecular flexibility index (Phi) is 13.3. The summed E-state index contributed by atoms with van der Waals surface area (Å²) < 4.78 is 30.3. The zero-order valence-electron chi connectivity index (χ0n) is 32.9. The number of fused-ring (bicyclic) bond motifs is 1. The first-order valence-corrected chi connectivity index (χ1v) is 21.9. The molecule has 4 heterocycles. The van der Waals surface area contributed by atoms with Crippen LogP contribution in [0.25, 0.3) is 0 Å². The number of nitrogens with zero attached hydrogens (tertiary/aromatic N) is 3. The van der Waals surface area contributed by atoms with E-state index >= 15 is 0 Å². The fourth-order valence-corrected chi connectivity index (χ4v) is 8.31. The standard InChI is InChI=1S/C41H48N4O6.C2H6O2S/c1-3-51-37-25-28(5-12-36(37)50-2)26-45-40(48)34-10-4-27(24-35(34)41(45)49)14-19-43-20-17-32(18-21-43)44-22-15-30(16-23-44)29-6-8-31(9-7-29)33-11-13-38(46)42-39(33)47;1-5(2,3)4/h4-10,12,24-25,30,32-33H,3,11,13-23,26H2,1-2H3,(H,42,46,47);1-2H3. The molecule has 1 atom stereocenters. The highest BCUT2D eigenvalue weighted by atomic mass is 32.2. The summed E-state index contributed by atoms with van der Waals surface area (Å²) in [6.07, 6.45) is 8.75. The van der Waals surface area contributed by atoms with E-state index in [0.29, 0.717) is 54.0 Å². The maximum absolute atomic E-state index is 13.4. The van der Waals surface area contributed by atoms with Gasteiger partial charge in [-0.1, -0.05) is 36.4 Å². The molecule has 56 heavy (non-hydrogen) atoms. The van der Waals surface area contributed by atoms with Crippen molar-refractivity contribution in [1.82, 2.24) is 20.0 Å². The normalized spacial score (nSPS) is 20.0. The third-order valence-electron chi connectivity index (χ3n) is 11.3. The molecule has 0 saturated carbocycles. The van der Waals surface area contributed by atoms with E-state index < -0.39 is 9.84 Å². The number of carbonyl (C=O) groups is 4. The molecule has 0 aromatic heterocycles. The molecule has 13 heteroatoms. The second-order valence-corrected chi connectivity index (χ2v) is 17.7. The minimum Gasteiger partial charge on any atom is -0.493 e. The third-order valence-corrected chi connectivity index (χ3v) is 11.3. The number of ether oxygens (including phenoxy) is 2. The Morgan fingerprint density at radius 2 is 1.39 bits per heavy atom. The first kappa shape index (κ1) is 41.1. The van der Waals surface area contributed by atoms with E-state index in [1.54, 1.807) is 13.2 Å². The van der Waals surface area contributed by atoms with Gasteiger partial charge in [-0.25, -0.2) is 8.42 Å². The van der Waals surface area contributed by atoms with Crippen molar-refractivity contribution in [3.05, 3.63) is 94.0 Å². The number of sulfone groups is 1. The van der Waals surface area contributed by atoms with Gasteiger partial charge in [0.25, 0.3) is 11.8 Å². The zero-order valence-corrected chi connectivity index (χ0v) is 33.7. The van der Waals surface area contributed by atoms with Gasteiger partial charge in [-0.2, -0.15) is 0 Å². The van der Waals surface area contributed by atoms with Gasteiger partial charge < -0.3 is 19.3 Å². The van der Waals surface area contributed by atoms with Gasteiger partial charge in [0.15, 0.2) is 11.5 Å². The Balaban J connectivity index is 0.00000100. The van der Waals surface area contributed by atoms with Crippen molar-refractivity contribution in [2.24, 2.45) is 0 Å². The van der Waals surface area contributed by atoms with Crippen LogP contribution in [0.4, 0.5) is 0 Å². The van der Waals surface area contributed by atoms with Crippen LogP contribution >= 0.6 is 0 Å². The predicted octanol–water partition coefficient (Wildman–Crippen LogP) is 4.96. The highest BCUT2D eigenvalue weighted by Crippen LogP contribution is 2.34. The van der Waals surface area contributed by atoms with Gasteiger partial charge in [-0.15, -0.1) is 0 Å². The lowest BCUT2D eigenvalue weighted by molar-refractivity contribution is -0.134. The maximum Gasteiger partial charge on any atom is 0.261 e. The average molecular weight is 787 g/mol. The molecule has 4 aliphatic heterocycles. The number of amides is 4. The van der Waals surface area contributed by atoms with E-state index in [1.165, 1.54) is 10.5 Å². The van der Waals surface area contributed by atoms with Crippen LogP contribution in [-0.2, 0) is 32.4 Å². The predicted molar refractivity (Wildman–Crippen MR) is 214 cm³/mol. The van der Waals surface area contributed by atoms with Crippen molar-refractivity contribution >= 4 is 33.5 Å². The lowest BCUT2D eigenvalue weighted by Gasteiger charge is -2.42. The van der Waals surface area contributed by atoms with Crippen LogP contribution < -0.4 is 14.8 Å². The number of piperidine rings is 3. The largest absolute Gasteiger partial charge is 0.493 e. The summed E-state index contributed by atoms with van der Waals surface area (Å²) >= 11 is 0. The highest BCUT2D eigenvalue weighted by Gasteiger charge is 2.36. The Bertz CT molecular complexity index is 2010. The maximum atomic E-state index is 13.4. The van der Waals surface area contributed by atoms with E-state index in [1.807, 2.05) is 37.3 Å². The van der Waals surface area contributed by atoms with Crippen molar-refractivity contribution in [1.29, 1.82) is 0 Å². The number of carbonyl (C=O) groups excluding carboxylic acids is 4. The van der Waals surface area contributed by atoms with Crippen molar-refractivity contribution in [2.75, 3.05) is 59.0 Å².